The van der Waals surface area contributed by atoms with Crippen LogP contribution in [0.15, 0.2) is 65.8 Å². The smallest absolute Gasteiger partial charge is 0.274 e. The van der Waals surface area contributed by atoms with Gasteiger partial charge in [-0.25, -0.2) is 9.82 Å². The maximum atomic E-state index is 13.9. The summed E-state index contributed by atoms with van der Waals surface area (Å²) in [7, 11) is 0. The summed E-state index contributed by atoms with van der Waals surface area (Å²) >= 11 is 2.17. The summed E-state index contributed by atoms with van der Waals surface area (Å²) in [6.45, 7) is 2.51. The van der Waals surface area contributed by atoms with Gasteiger partial charge in [-0.15, -0.1) is 0 Å². The molecular formula is C23H17FIN3O2. The largest absolute Gasteiger partial charge is 0.488 e. The molecule has 0 atom stereocenters. The highest BCUT2D eigenvalue weighted by atomic mass is 127. The Morgan fingerprint density at radius 1 is 1.23 bits per heavy atom. The number of rotatable bonds is 6. The van der Waals surface area contributed by atoms with Gasteiger partial charge in [0.05, 0.1) is 27.0 Å². The van der Waals surface area contributed by atoms with Gasteiger partial charge >= 0.3 is 0 Å². The Bertz CT molecular complexity index is 1160. The minimum absolute atomic E-state index is 0.145. The molecule has 3 rings (SSSR count). The lowest BCUT2D eigenvalue weighted by molar-refractivity contribution is 0.0951. The van der Waals surface area contributed by atoms with Gasteiger partial charge in [0.1, 0.15) is 18.2 Å². The molecule has 0 aliphatic heterocycles. The van der Waals surface area contributed by atoms with Crippen molar-refractivity contribution in [2.75, 3.05) is 0 Å². The average Bonchev–Trinajstić information content (AvgIpc) is 2.73. The molecule has 0 radical (unpaired) electrons. The summed E-state index contributed by atoms with van der Waals surface area (Å²) in [5.74, 6) is -0.717. The van der Waals surface area contributed by atoms with Crippen molar-refractivity contribution in [3.8, 4) is 11.8 Å². The molecule has 0 aliphatic rings. The van der Waals surface area contributed by atoms with Crippen molar-refractivity contribution in [2.45, 2.75) is 13.5 Å². The standard InChI is InChI=1S/C23H17FIN3O2/c1-15-3-2-4-18(9-15)14-30-22-8-6-17(11-21(22)25)13-27-28-23(29)19-7-5-16(12-26)10-20(19)24/h2-11,13H,14H2,1H3,(H,28,29)/b27-13-. The number of nitriles is 1. The van der Waals surface area contributed by atoms with Gasteiger partial charge in [0.25, 0.3) is 5.91 Å². The van der Waals surface area contributed by atoms with Crippen LogP contribution < -0.4 is 10.2 Å². The van der Waals surface area contributed by atoms with E-state index in [9.17, 15) is 9.18 Å². The topological polar surface area (TPSA) is 74.5 Å². The van der Waals surface area contributed by atoms with Crippen LogP contribution in [0.3, 0.4) is 0 Å². The molecule has 3 aromatic rings. The fourth-order valence-corrected chi connectivity index (χ4v) is 3.37. The zero-order valence-corrected chi connectivity index (χ0v) is 18.2. The van der Waals surface area contributed by atoms with Gasteiger partial charge in [0.2, 0.25) is 0 Å². The van der Waals surface area contributed by atoms with Gasteiger partial charge in [0.15, 0.2) is 0 Å². The Kier molecular flexibility index (Phi) is 7.14. The van der Waals surface area contributed by atoms with Crippen molar-refractivity contribution in [2.24, 2.45) is 5.10 Å². The third kappa shape index (κ3) is 5.64. The minimum atomic E-state index is -0.772. The molecule has 7 heteroatoms. The molecule has 0 aromatic heterocycles. The lowest BCUT2D eigenvalue weighted by atomic mass is 10.1. The van der Waals surface area contributed by atoms with Gasteiger partial charge in [-0.3, -0.25) is 4.79 Å². The molecule has 0 saturated heterocycles. The van der Waals surface area contributed by atoms with Crippen molar-refractivity contribution >= 4 is 34.7 Å². The maximum absolute atomic E-state index is 13.9. The van der Waals surface area contributed by atoms with Crippen LogP contribution in [-0.2, 0) is 6.61 Å². The molecule has 1 amide bonds. The van der Waals surface area contributed by atoms with E-state index in [1.54, 1.807) is 0 Å². The number of hydrazone groups is 1. The van der Waals surface area contributed by atoms with Crippen LogP contribution >= 0.6 is 22.6 Å². The van der Waals surface area contributed by atoms with E-state index >= 15 is 0 Å². The van der Waals surface area contributed by atoms with E-state index in [2.05, 4.69) is 39.2 Å². The lowest BCUT2D eigenvalue weighted by Gasteiger charge is -2.09. The molecule has 0 heterocycles. The monoisotopic (exact) mass is 513 g/mol. The van der Waals surface area contributed by atoms with Gasteiger partial charge in [-0.05, 0) is 77.0 Å². The first-order valence-electron chi connectivity index (χ1n) is 8.97. The highest BCUT2D eigenvalue weighted by Gasteiger charge is 2.11. The van der Waals surface area contributed by atoms with Crippen molar-refractivity contribution in [1.82, 2.24) is 5.43 Å². The highest BCUT2D eigenvalue weighted by molar-refractivity contribution is 14.1. The zero-order valence-electron chi connectivity index (χ0n) is 16.0. The van der Waals surface area contributed by atoms with E-state index in [-0.39, 0.29) is 11.1 Å². The second-order valence-electron chi connectivity index (χ2n) is 6.47. The number of nitrogens with zero attached hydrogens (tertiary/aromatic N) is 2. The van der Waals surface area contributed by atoms with Gasteiger partial charge < -0.3 is 4.74 Å². The molecular weight excluding hydrogens is 496 g/mol. The summed E-state index contributed by atoms with van der Waals surface area (Å²) < 4.78 is 20.6. The first-order chi connectivity index (χ1) is 14.5. The van der Waals surface area contributed by atoms with Crippen molar-refractivity contribution in [1.29, 1.82) is 5.26 Å². The number of aryl methyl sites for hydroxylation is 1. The van der Waals surface area contributed by atoms with Crippen LogP contribution in [0.4, 0.5) is 4.39 Å². The number of ether oxygens (including phenoxy) is 1. The molecule has 0 bridgehead atoms. The number of nitrogens with one attached hydrogen (secondary N) is 1. The summed E-state index contributed by atoms with van der Waals surface area (Å²) in [6, 6.07) is 19.1. The van der Waals surface area contributed by atoms with Crippen LogP contribution in [0.5, 0.6) is 5.75 Å². The number of hydrogen-bond donors (Lipinski definition) is 1. The third-order valence-corrected chi connectivity index (χ3v) is 5.00. The van der Waals surface area contributed by atoms with E-state index in [4.69, 9.17) is 10.00 Å². The number of carbonyl (C=O) groups excluding carboxylic acids is 1. The van der Waals surface area contributed by atoms with E-state index in [1.165, 1.54) is 23.9 Å². The molecule has 0 saturated carbocycles. The molecule has 30 heavy (non-hydrogen) atoms. The Balaban J connectivity index is 1.60. The predicted molar refractivity (Wildman–Crippen MR) is 121 cm³/mol. The molecule has 0 fully saturated rings. The van der Waals surface area contributed by atoms with Crippen molar-refractivity contribution in [3.05, 3.63) is 97.9 Å². The van der Waals surface area contributed by atoms with Gasteiger partial charge in [-0.1, -0.05) is 29.8 Å². The predicted octanol–water partition coefficient (Wildman–Crippen LogP) is 4.95. The fraction of sp³-hybridized carbons (Fsp3) is 0.0870. The maximum Gasteiger partial charge on any atom is 0.274 e. The molecule has 1 N–H and O–H groups in total. The molecule has 150 valence electrons. The minimum Gasteiger partial charge on any atom is -0.488 e. The lowest BCUT2D eigenvalue weighted by Crippen LogP contribution is -2.19. The Morgan fingerprint density at radius 2 is 2.07 bits per heavy atom. The molecule has 3 aromatic carbocycles. The van der Waals surface area contributed by atoms with Crippen LogP contribution in [-0.4, -0.2) is 12.1 Å². The highest BCUT2D eigenvalue weighted by Crippen LogP contribution is 2.23. The number of amides is 1. The molecule has 5 nitrogen and oxygen atoms in total. The van der Waals surface area contributed by atoms with E-state index in [1.807, 2.05) is 49.4 Å². The van der Waals surface area contributed by atoms with Crippen molar-refractivity contribution in [3.63, 3.8) is 0 Å². The first-order valence-corrected chi connectivity index (χ1v) is 10.0. The quantitative estimate of drug-likeness (QED) is 0.288. The zero-order chi connectivity index (χ0) is 21.5. The fourth-order valence-electron chi connectivity index (χ4n) is 2.67. The van der Waals surface area contributed by atoms with E-state index < -0.39 is 11.7 Å². The number of halogens is 2. The Morgan fingerprint density at radius 3 is 2.77 bits per heavy atom. The second kappa shape index (κ2) is 9.98. The molecule has 0 aliphatic carbocycles. The van der Waals surface area contributed by atoms with E-state index in [0.717, 1.165) is 26.5 Å². The normalized spacial score (nSPS) is 10.6. The van der Waals surface area contributed by atoms with Crippen molar-refractivity contribution < 1.29 is 13.9 Å². The summed E-state index contributed by atoms with van der Waals surface area (Å²) in [5, 5.41) is 12.6. The summed E-state index contributed by atoms with van der Waals surface area (Å²) in [6.07, 6.45) is 1.46. The van der Waals surface area contributed by atoms with Crippen LogP contribution in [0.25, 0.3) is 0 Å². The number of benzene rings is 3. The first kappa shape index (κ1) is 21.5. The second-order valence-corrected chi connectivity index (χ2v) is 7.64. The Hall–Kier alpha value is -3.25. The summed E-state index contributed by atoms with van der Waals surface area (Å²) in [5.41, 5.74) is 5.28. The summed E-state index contributed by atoms with van der Waals surface area (Å²) in [4.78, 5) is 12.1. The van der Waals surface area contributed by atoms with Gasteiger partial charge in [-0.2, -0.15) is 10.4 Å². The van der Waals surface area contributed by atoms with Crippen LogP contribution in [0.1, 0.15) is 32.6 Å². The van der Waals surface area contributed by atoms with Crippen LogP contribution in [0, 0.1) is 27.6 Å². The van der Waals surface area contributed by atoms with Gasteiger partial charge in [0, 0.05) is 0 Å². The molecule has 0 unspecified atom stereocenters. The number of hydrogen-bond acceptors (Lipinski definition) is 4. The number of carbonyl (C=O) groups is 1. The molecule has 0 spiro atoms. The van der Waals surface area contributed by atoms with E-state index in [0.29, 0.717) is 6.61 Å². The average molecular weight is 513 g/mol. The Labute approximate surface area is 187 Å². The SMILES string of the molecule is Cc1cccc(COc2ccc(/C=N\NC(=O)c3ccc(C#N)cc3F)cc2I)c1. The third-order valence-electron chi connectivity index (χ3n) is 4.16. The van der Waals surface area contributed by atoms with Crippen LogP contribution in [0.2, 0.25) is 0 Å².